The molecule has 0 radical (unpaired) electrons. The van der Waals surface area contributed by atoms with Crippen LogP contribution in [0.2, 0.25) is 0 Å². The number of nitrogens with one attached hydrogen (secondary N) is 1. The molecule has 1 atom stereocenters. The van der Waals surface area contributed by atoms with E-state index in [2.05, 4.69) is 16.3 Å². The standard InChI is InChI=1S/C14H21N3O/c1-5-9-11(6-2)15-14(18)13-10-12(7-3)16-17(13)8-4/h2,10-11H,5,7-9H2,1,3-4H3,(H,15,18). The first-order valence-electron chi connectivity index (χ1n) is 6.49. The molecule has 0 aliphatic rings. The fraction of sp³-hybridized carbons (Fsp3) is 0.571. The van der Waals surface area contributed by atoms with Crippen LogP contribution < -0.4 is 5.32 Å². The van der Waals surface area contributed by atoms with Gasteiger partial charge in [-0.1, -0.05) is 26.2 Å². The molecule has 0 bridgehead atoms. The summed E-state index contributed by atoms with van der Waals surface area (Å²) in [6, 6.07) is 1.63. The maximum atomic E-state index is 12.1. The summed E-state index contributed by atoms with van der Waals surface area (Å²) >= 11 is 0. The van der Waals surface area contributed by atoms with Gasteiger partial charge < -0.3 is 5.32 Å². The first-order chi connectivity index (χ1) is 8.65. The maximum absolute atomic E-state index is 12.1. The van der Waals surface area contributed by atoms with Crippen LogP contribution in [-0.2, 0) is 13.0 Å². The van der Waals surface area contributed by atoms with Gasteiger partial charge in [0.2, 0.25) is 0 Å². The van der Waals surface area contributed by atoms with Crippen LogP contribution in [0.15, 0.2) is 6.07 Å². The second-order valence-corrected chi connectivity index (χ2v) is 4.17. The van der Waals surface area contributed by atoms with Crippen molar-refractivity contribution in [2.24, 2.45) is 0 Å². The van der Waals surface area contributed by atoms with Gasteiger partial charge in [-0.05, 0) is 25.8 Å². The quantitative estimate of drug-likeness (QED) is 0.781. The number of carbonyl (C=O) groups is 1. The molecule has 0 aromatic carbocycles. The van der Waals surface area contributed by atoms with E-state index in [4.69, 9.17) is 6.42 Å². The van der Waals surface area contributed by atoms with Crippen LogP contribution >= 0.6 is 0 Å². The Hall–Kier alpha value is -1.76. The predicted molar refractivity (Wildman–Crippen MR) is 72.3 cm³/mol. The highest BCUT2D eigenvalue weighted by molar-refractivity contribution is 5.93. The number of amides is 1. The Balaban J connectivity index is 2.83. The van der Waals surface area contributed by atoms with Crippen LogP contribution in [0.4, 0.5) is 0 Å². The van der Waals surface area contributed by atoms with Gasteiger partial charge in [-0.25, -0.2) is 0 Å². The number of carbonyl (C=O) groups excluding carboxylic acids is 1. The van der Waals surface area contributed by atoms with Gasteiger partial charge in [-0.2, -0.15) is 5.10 Å². The molecule has 0 saturated carbocycles. The first-order valence-corrected chi connectivity index (χ1v) is 6.49. The predicted octanol–water partition coefficient (Wildman–Crippen LogP) is 2.00. The molecule has 1 heterocycles. The van der Waals surface area contributed by atoms with Crippen molar-refractivity contribution in [1.29, 1.82) is 0 Å². The fourth-order valence-corrected chi connectivity index (χ4v) is 1.78. The normalized spacial score (nSPS) is 11.9. The number of aromatic nitrogens is 2. The van der Waals surface area contributed by atoms with Gasteiger partial charge >= 0.3 is 0 Å². The lowest BCUT2D eigenvalue weighted by atomic mass is 10.1. The van der Waals surface area contributed by atoms with Crippen molar-refractivity contribution >= 4 is 5.91 Å². The summed E-state index contributed by atoms with van der Waals surface area (Å²) < 4.78 is 1.72. The van der Waals surface area contributed by atoms with Gasteiger partial charge in [-0.3, -0.25) is 9.48 Å². The molecule has 0 aliphatic carbocycles. The van der Waals surface area contributed by atoms with Gasteiger partial charge in [0.15, 0.2) is 0 Å². The largest absolute Gasteiger partial charge is 0.337 e. The minimum absolute atomic E-state index is 0.138. The molecule has 0 fully saturated rings. The number of aryl methyl sites for hydroxylation is 2. The van der Waals surface area contributed by atoms with Crippen LogP contribution in [0.3, 0.4) is 0 Å². The molecule has 4 heteroatoms. The molecule has 1 unspecified atom stereocenters. The Morgan fingerprint density at radius 1 is 1.56 bits per heavy atom. The van der Waals surface area contributed by atoms with Gasteiger partial charge in [0.1, 0.15) is 5.69 Å². The van der Waals surface area contributed by atoms with E-state index < -0.39 is 0 Å². The summed E-state index contributed by atoms with van der Waals surface area (Å²) in [5.74, 6) is 2.46. The van der Waals surface area contributed by atoms with Crippen molar-refractivity contribution in [2.45, 2.75) is 52.6 Å². The fourth-order valence-electron chi connectivity index (χ4n) is 1.78. The average molecular weight is 247 g/mol. The molecule has 1 N–H and O–H groups in total. The molecule has 1 aromatic rings. The molecular weight excluding hydrogens is 226 g/mol. The molecule has 0 saturated heterocycles. The van der Waals surface area contributed by atoms with Gasteiger partial charge in [0.25, 0.3) is 5.91 Å². The average Bonchev–Trinajstić information content (AvgIpc) is 2.81. The Labute approximate surface area is 109 Å². The van der Waals surface area contributed by atoms with Crippen LogP contribution in [0.1, 0.15) is 49.8 Å². The number of rotatable bonds is 6. The third kappa shape index (κ3) is 3.36. The van der Waals surface area contributed by atoms with E-state index in [0.29, 0.717) is 12.2 Å². The smallest absolute Gasteiger partial charge is 0.270 e. The Morgan fingerprint density at radius 2 is 2.28 bits per heavy atom. The topological polar surface area (TPSA) is 46.9 Å². The minimum Gasteiger partial charge on any atom is -0.337 e. The van der Waals surface area contributed by atoms with Crippen LogP contribution in [0, 0.1) is 12.3 Å². The zero-order chi connectivity index (χ0) is 13.5. The van der Waals surface area contributed by atoms with Crippen molar-refractivity contribution in [3.05, 3.63) is 17.5 Å². The third-order valence-corrected chi connectivity index (χ3v) is 2.81. The molecule has 4 nitrogen and oxygen atoms in total. The van der Waals surface area contributed by atoms with E-state index in [1.807, 2.05) is 26.8 Å². The summed E-state index contributed by atoms with van der Waals surface area (Å²) in [4.78, 5) is 12.1. The molecule has 1 rings (SSSR count). The van der Waals surface area contributed by atoms with Gasteiger partial charge in [0, 0.05) is 6.54 Å². The molecule has 98 valence electrons. The van der Waals surface area contributed by atoms with Crippen molar-refractivity contribution in [3.63, 3.8) is 0 Å². The Kier molecular flexibility index (Phi) is 5.44. The maximum Gasteiger partial charge on any atom is 0.270 e. The van der Waals surface area contributed by atoms with Gasteiger partial charge in [-0.15, -0.1) is 6.42 Å². The first kappa shape index (κ1) is 14.3. The van der Waals surface area contributed by atoms with E-state index in [1.54, 1.807) is 4.68 Å². The molecule has 0 aliphatic heterocycles. The summed E-state index contributed by atoms with van der Waals surface area (Å²) in [5, 5.41) is 7.21. The molecule has 1 aromatic heterocycles. The Bertz CT molecular complexity index is 442. The second kappa shape index (κ2) is 6.85. The van der Waals surface area contributed by atoms with Crippen molar-refractivity contribution in [1.82, 2.24) is 15.1 Å². The van der Waals surface area contributed by atoms with E-state index in [9.17, 15) is 4.79 Å². The van der Waals surface area contributed by atoms with E-state index in [0.717, 1.165) is 25.0 Å². The lowest BCUT2D eigenvalue weighted by Gasteiger charge is -2.12. The lowest BCUT2D eigenvalue weighted by Crippen LogP contribution is -2.34. The molecule has 18 heavy (non-hydrogen) atoms. The summed E-state index contributed by atoms with van der Waals surface area (Å²) in [6.45, 7) is 6.71. The Morgan fingerprint density at radius 3 is 2.78 bits per heavy atom. The highest BCUT2D eigenvalue weighted by Gasteiger charge is 2.16. The summed E-state index contributed by atoms with van der Waals surface area (Å²) in [6.07, 6.45) is 7.96. The SMILES string of the molecule is C#CC(CCC)NC(=O)c1cc(CC)nn1CC. The monoisotopic (exact) mass is 247 g/mol. The van der Waals surface area contributed by atoms with Crippen LogP contribution in [0.5, 0.6) is 0 Å². The second-order valence-electron chi connectivity index (χ2n) is 4.17. The molecule has 0 spiro atoms. The summed E-state index contributed by atoms with van der Waals surface area (Å²) in [5.41, 5.74) is 1.51. The number of hydrogen-bond donors (Lipinski definition) is 1. The van der Waals surface area contributed by atoms with Gasteiger partial charge in [0.05, 0.1) is 11.7 Å². The van der Waals surface area contributed by atoms with E-state index >= 15 is 0 Å². The zero-order valence-corrected chi connectivity index (χ0v) is 11.4. The number of terminal acetylenes is 1. The number of hydrogen-bond acceptors (Lipinski definition) is 2. The van der Waals surface area contributed by atoms with Crippen molar-refractivity contribution in [3.8, 4) is 12.3 Å². The molecule has 1 amide bonds. The number of nitrogens with zero attached hydrogens (tertiary/aromatic N) is 2. The van der Waals surface area contributed by atoms with Crippen molar-refractivity contribution < 1.29 is 4.79 Å². The highest BCUT2D eigenvalue weighted by atomic mass is 16.2. The lowest BCUT2D eigenvalue weighted by molar-refractivity contribution is 0.0933. The molecular formula is C14H21N3O. The zero-order valence-electron chi connectivity index (χ0n) is 11.4. The van der Waals surface area contributed by atoms with E-state index in [1.165, 1.54) is 0 Å². The minimum atomic E-state index is -0.201. The van der Waals surface area contributed by atoms with Crippen LogP contribution in [-0.4, -0.2) is 21.7 Å². The highest BCUT2D eigenvalue weighted by Crippen LogP contribution is 2.06. The third-order valence-electron chi connectivity index (χ3n) is 2.81. The summed E-state index contributed by atoms with van der Waals surface area (Å²) in [7, 11) is 0. The van der Waals surface area contributed by atoms with Crippen LogP contribution in [0.25, 0.3) is 0 Å². The van der Waals surface area contributed by atoms with E-state index in [-0.39, 0.29) is 11.9 Å². The van der Waals surface area contributed by atoms with Crippen molar-refractivity contribution in [2.75, 3.05) is 0 Å².